The molecule has 4 rings (SSSR count). The van der Waals surface area contributed by atoms with Gasteiger partial charge in [0.15, 0.2) is 5.13 Å². The van der Waals surface area contributed by atoms with Crippen molar-refractivity contribution in [2.24, 2.45) is 0 Å². The Morgan fingerprint density at radius 2 is 1.90 bits per heavy atom. The highest BCUT2D eigenvalue weighted by atomic mass is 32.2. The predicted molar refractivity (Wildman–Crippen MR) is 122 cm³/mol. The van der Waals surface area contributed by atoms with Crippen LogP contribution in [0.15, 0.2) is 65.8 Å². The fourth-order valence-corrected chi connectivity index (χ4v) is 4.78. The van der Waals surface area contributed by atoms with Gasteiger partial charge >= 0.3 is 0 Å². The Morgan fingerprint density at radius 3 is 2.66 bits per heavy atom. The van der Waals surface area contributed by atoms with Crippen LogP contribution in [-0.2, 0) is 6.54 Å². The van der Waals surface area contributed by atoms with Crippen LogP contribution in [0.25, 0.3) is 10.2 Å². The molecule has 0 unspecified atom stereocenters. The second-order valence-electron chi connectivity index (χ2n) is 6.85. The number of pyridine rings is 1. The van der Waals surface area contributed by atoms with E-state index in [1.165, 1.54) is 11.1 Å². The van der Waals surface area contributed by atoms with Gasteiger partial charge in [-0.25, -0.2) is 4.98 Å². The molecule has 29 heavy (non-hydrogen) atoms. The van der Waals surface area contributed by atoms with Crippen molar-refractivity contribution in [3.05, 3.63) is 83.2 Å². The monoisotopic (exact) mass is 419 g/mol. The number of hydrogen-bond donors (Lipinski definition) is 0. The van der Waals surface area contributed by atoms with E-state index in [9.17, 15) is 4.79 Å². The molecular formula is C23H21N3OS2. The third kappa shape index (κ3) is 4.04. The molecule has 4 nitrogen and oxygen atoms in total. The van der Waals surface area contributed by atoms with Crippen molar-refractivity contribution in [1.29, 1.82) is 0 Å². The minimum absolute atomic E-state index is 0.0497. The summed E-state index contributed by atoms with van der Waals surface area (Å²) in [7, 11) is 0. The molecule has 0 fully saturated rings. The quantitative estimate of drug-likeness (QED) is 0.379. The molecule has 2 aromatic heterocycles. The number of fused-ring (bicyclic) bond motifs is 1. The van der Waals surface area contributed by atoms with Gasteiger partial charge in [0.25, 0.3) is 5.91 Å². The molecule has 146 valence electrons. The molecule has 2 heterocycles. The Hall–Kier alpha value is -2.70. The number of thiazole rings is 1. The first-order valence-electron chi connectivity index (χ1n) is 9.28. The van der Waals surface area contributed by atoms with Crippen LogP contribution in [0.1, 0.15) is 27.0 Å². The van der Waals surface area contributed by atoms with Gasteiger partial charge in [0.05, 0.1) is 22.3 Å². The summed E-state index contributed by atoms with van der Waals surface area (Å²) in [5, 5.41) is 0.703. The summed E-state index contributed by atoms with van der Waals surface area (Å²) in [5.74, 6) is -0.0497. The summed E-state index contributed by atoms with van der Waals surface area (Å²) in [6.45, 7) is 4.61. The maximum absolute atomic E-state index is 13.6. The maximum Gasteiger partial charge on any atom is 0.261 e. The molecule has 0 aliphatic heterocycles. The highest BCUT2D eigenvalue weighted by Crippen LogP contribution is 2.33. The number of thioether (sulfide) groups is 1. The van der Waals surface area contributed by atoms with Crippen molar-refractivity contribution in [1.82, 2.24) is 9.97 Å². The van der Waals surface area contributed by atoms with Crippen LogP contribution in [-0.4, -0.2) is 22.1 Å². The first-order valence-corrected chi connectivity index (χ1v) is 11.3. The summed E-state index contributed by atoms with van der Waals surface area (Å²) >= 11 is 3.13. The molecule has 0 radical (unpaired) electrons. The molecule has 0 saturated heterocycles. The van der Waals surface area contributed by atoms with Gasteiger partial charge in [0.1, 0.15) is 0 Å². The number of carbonyl (C=O) groups excluding carboxylic acids is 1. The molecule has 0 aliphatic carbocycles. The maximum atomic E-state index is 13.6. The smallest absolute Gasteiger partial charge is 0.261 e. The number of amides is 1. The second-order valence-corrected chi connectivity index (χ2v) is 8.71. The zero-order valence-corrected chi connectivity index (χ0v) is 18.2. The van der Waals surface area contributed by atoms with E-state index in [4.69, 9.17) is 4.98 Å². The molecule has 2 aromatic carbocycles. The third-order valence-corrected chi connectivity index (χ3v) is 6.71. The van der Waals surface area contributed by atoms with E-state index >= 15 is 0 Å². The normalized spacial score (nSPS) is 11.0. The van der Waals surface area contributed by atoms with Crippen molar-refractivity contribution in [2.45, 2.75) is 25.3 Å². The summed E-state index contributed by atoms with van der Waals surface area (Å²) in [6, 6.07) is 15.8. The largest absolute Gasteiger partial charge is 0.279 e. The highest BCUT2D eigenvalue weighted by Gasteiger charge is 2.24. The lowest BCUT2D eigenvalue weighted by Crippen LogP contribution is -2.30. The Kier molecular flexibility index (Phi) is 5.65. The summed E-state index contributed by atoms with van der Waals surface area (Å²) in [5.41, 5.74) is 5.01. The van der Waals surface area contributed by atoms with E-state index in [0.717, 1.165) is 20.7 Å². The van der Waals surface area contributed by atoms with Crippen LogP contribution < -0.4 is 4.90 Å². The topological polar surface area (TPSA) is 46.1 Å². The minimum Gasteiger partial charge on any atom is -0.279 e. The number of nitrogens with zero attached hydrogens (tertiary/aromatic N) is 3. The zero-order valence-electron chi connectivity index (χ0n) is 16.5. The lowest BCUT2D eigenvalue weighted by Gasteiger charge is -2.21. The molecule has 0 spiro atoms. The summed E-state index contributed by atoms with van der Waals surface area (Å²) in [4.78, 5) is 25.3. The first-order chi connectivity index (χ1) is 14.1. The van der Waals surface area contributed by atoms with E-state index in [2.05, 4.69) is 31.0 Å². The van der Waals surface area contributed by atoms with Crippen LogP contribution in [0.2, 0.25) is 0 Å². The molecule has 4 aromatic rings. The molecule has 0 atom stereocenters. The molecule has 6 heteroatoms. The number of anilines is 1. The Bertz CT molecular complexity index is 1130. The zero-order chi connectivity index (χ0) is 20.4. The van der Waals surface area contributed by atoms with Gasteiger partial charge < -0.3 is 0 Å². The molecule has 0 saturated carbocycles. The average Bonchev–Trinajstić information content (AvgIpc) is 3.14. The van der Waals surface area contributed by atoms with Gasteiger partial charge in [0, 0.05) is 17.3 Å². The van der Waals surface area contributed by atoms with E-state index in [1.54, 1.807) is 40.4 Å². The van der Waals surface area contributed by atoms with Gasteiger partial charge in [-0.15, -0.1) is 11.8 Å². The van der Waals surface area contributed by atoms with Crippen LogP contribution in [0, 0.1) is 13.8 Å². The number of hydrogen-bond acceptors (Lipinski definition) is 5. The average molecular weight is 420 g/mol. The fourth-order valence-electron chi connectivity index (χ4n) is 3.15. The van der Waals surface area contributed by atoms with Gasteiger partial charge in [-0.05, 0) is 67.1 Å². The van der Waals surface area contributed by atoms with Gasteiger partial charge in [0.2, 0.25) is 0 Å². The molecular weight excluding hydrogens is 398 g/mol. The SMILES string of the molecule is CSc1ccccc1C(=O)N(Cc1cccnc1)c1nc2cc(C)c(C)cc2s1. The number of benzene rings is 2. The van der Waals surface area contributed by atoms with Gasteiger partial charge in [-0.2, -0.15) is 0 Å². The first kappa shape index (κ1) is 19.6. The van der Waals surface area contributed by atoms with E-state index in [0.29, 0.717) is 17.2 Å². The molecule has 1 amide bonds. The molecule has 0 bridgehead atoms. The minimum atomic E-state index is -0.0497. The second kappa shape index (κ2) is 8.35. The summed E-state index contributed by atoms with van der Waals surface area (Å²) in [6.07, 6.45) is 5.52. The van der Waals surface area contributed by atoms with Crippen LogP contribution >= 0.6 is 23.1 Å². The number of carbonyl (C=O) groups is 1. The number of rotatable bonds is 5. The molecule has 0 N–H and O–H groups in total. The highest BCUT2D eigenvalue weighted by molar-refractivity contribution is 7.98. The van der Waals surface area contributed by atoms with E-state index < -0.39 is 0 Å². The lowest BCUT2D eigenvalue weighted by atomic mass is 10.1. The van der Waals surface area contributed by atoms with Crippen molar-refractivity contribution in [3.8, 4) is 0 Å². The Balaban J connectivity index is 1.81. The standard InChI is InChI=1S/C23H21N3OS2/c1-15-11-19-21(12-16(15)2)29-23(25-19)26(14-17-7-6-10-24-13-17)22(27)18-8-4-5-9-20(18)28-3/h4-13H,14H2,1-3H3. The van der Waals surface area contributed by atoms with E-state index in [1.807, 2.05) is 42.7 Å². The van der Waals surface area contributed by atoms with Crippen LogP contribution in [0.3, 0.4) is 0 Å². The Morgan fingerprint density at radius 1 is 1.10 bits per heavy atom. The van der Waals surface area contributed by atoms with E-state index in [-0.39, 0.29) is 5.91 Å². The lowest BCUT2D eigenvalue weighted by molar-refractivity contribution is 0.0982. The Labute approximate surface area is 178 Å². The fraction of sp³-hybridized carbons (Fsp3) is 0.174. The summed E-state index contributed by atoms with van der Waals surface area (Å²) < 4.78 is 1.09. The van der Waals surface area contributed by atoms with Crippen molar-refractivity contribution >= 4 is 44.4 Å². The van der Waals surface area contributed by atoms with Crippen molar-refractivity contribution < 1.29 is 4.79 Å². The predicted octanol–water partition coefficient (Wildman–Crippen LogP) is 5.88. The van der Waals surface area contributed by atoms with Crippen molar-refractivity contribution in [3.63, 3.8) is 0 Å². The van der Waals surface area contributed by atoms with Crippen LogP contribution in [0.4, 0.5) is 5.13 Å². The molecule has 0 aliphatic rings. The number of aryl methyl sites for hydroxylation is 2. The van der Waals surface area contributed by atoms with Crippen LogP contribution in [0.5, 0.6) is 0 Å². The number of aromatic nitrogens is 2. The van der Waals surface area contributed by atoms with Gasteiger partial charge in [-0.1, -0.05) is 29.5 Å². The third-order valence-electron chi connectivity index (χ3n) is 4.87. The van der Waals surface area contributed by atoms with Gasteiger partial charge in [-0.3, -0.25) is 14.7 Å². The van der Waals surface area contributed by atoms with Crippen molar-refractivity contribution in [2.75, 3.05) is 11.2 Å².